The highest BCUT2D eigenvalue weighted by molar-refractivity contribution is 7.98. The second kappa shape index (κ2) is 8.63. The molecule has 0 unspecified atom stereocenters. The first-order valence-corrected chi connectivity index (χ1v) is 10.8. The van der Waals surface area contributed by atoms with E-state index in [-0.39, 0.29) is 18.7 Å². The Bertz CT molecular complexity index is 1260. The maximum atomic E-state index is 12.8. The van der Waals surface area contributed by atoms with Crippen LogP contribution in [-0.2, 0) is 18.8 Å². The van der Waals surface area contributed by atoms with Crippen molar-refractivity contribution >= 4 is 34.4 Å². The highest BCUT2D eigenvalue weighted by Gasteiger charge is 2.18. The fraction of sp³-hybridized carbons (Fsp3) is 0.300. The Kier molecular flexibility index (Phi) is 5.94. The summed E-state index contributed by atoms with van der Waals surface area (Å²) in [6.45, 7) is 4.43. The molecule has 0 bridgehead atoms. The summed E-state index contributed by atoms with van der Waals surface area (Å²) in [6, 6.07) is 7.38. The number of oxazole rings is 1. The van der Waals surface area contributed by atoms with Crippen molar-refractivity contribution in [1.29, 1.82) is 0 Å². The summed E-state index contributed by atoms with van der Waals surface area (Å²) in [5.74, 6) is 1.63. The molecule has 0 aliphatic rings. The van der Waals surface area contributed by atoms with Crippen molar-refractivity contribution in [3.8, 4) is 11.5 Å². The molecule has 0 fully saturated rings. The van der Waals surface area contributed by atoms with Gasteiger partial charge in [0, 0.05) is 12.3 Å². The Balaban J connectivity index is 1.66. The quantitative estimate of drug-likeness (QED) is 0.343. The van der Waals surface area contributed by atoms with E-state index in [1.165, 1.54) is 22.6 Å². The van der Waals surface area contributed by atoms with Gasteiger partial charge < -0.3 is 9.52 Å². The van der Waals surface area contributed by atoms with Gasteiger partial charge in [-0.3, -0.25) is 9.36 Å². The minimum absolute atomic E-state index is 0.0826. The molecule has 0 atom stereocenters. The van der Waals surface area contributed by atoms with Gasteiger partial charge >= 0.3 is 0 Å². The normalized spacial score (nSPS) is 11.5. The fourth-order valence-electron chi connectivity index (χ4n) is 3.12. The lowest BCUT2D eigenvalue weighted by molar-refractivity contribution is 0.271. The molecule has 156 valence electrons. The number of rotatable bonds is 7. The Morgan fingerprint density at radius 3 is 2.80 bits per heavy atom. The van der Waals surface area contributed by atoms with Crippen LogP contribution >= 0.6 is 23.4 Å². The molecular weight excluding hydrogens is 426 g/mol. The van der Waals surface area contributed by atoms with Crippen LogP contribution in [0.5, 0.6) is 0 Å². The van der Waals surface area contributed by atoms with Crippen LogP contribution in [-0.4, -0.2) is 36.0 Å². The fourth-order valence-corrected chi connectivity index (χ4v) is 4.39. The number of benzene rings is 1. The van der Waals surface area contributed by atoms with Gasteiger partial charge in [0.05, 0.1) is 35.6 Å². The lowest BCUT2D eigenvalue weighted by Gasteiger charge is -2.10. The number of fused-ring (bicyclic) bond motifs is 1. The van der Waals surface area contributed by atoms with Crippen molar-refractivity contribution in [2.45, 2.75) is 37.8 Å². The van der Waals surface area contributed by atoms with Crippen LogP contribution in [0.15, 0.2) is 44.8 Å². The van der Waals surface area contributed by atoms with Crippen molar-refractivity contribution in [3.63, 3.8) is 0 Å². The van der Waals surface area contributed by atoms with E-state index in [4.69, 9.17) is 16.0 Å². The standard InChI is InChI=1S/C20H20ClN5O3S/c1-3-25-19(28)14-10-22-26(8-9-27)17(14)24-20(25)30-11-16-12(2)29-18(23-16)13-6-4-5-7-15(13)21/h4-7,10,27H,3,8-9,11H2,1-2H3. The van der Waals surface area contributed by atoms with Gasteiger partial charge in [0.2, 0.25) is 5.89 Å². The van der Waals surface area contributed by atoms with Crippen molar-refractivity contribution in [2.75, 3.05) is 6.61 Å². The molecule has 0 aliphatic heterocycles. The van der Waals surface area contributed by atoms with Crippen LogP contribution in [0.4, 0.5) is 0 Å². The second-order valence-corrected chi connectivity index (χ2v) is 7.91. The van der Waals surface area contributed by atoms with Gasteiger partial charge in [-0.25, -0.2) is 14.6 Å². The molecule has 0 saturated heterocycles. The van der Waals surface area contributed by atoms with Crippen LogP contribution in [0.1, 0.15) is 18.4 Å². The molecule has 0 radical (unpaired) electrons. The van der Waals surface area contributed by atoms with Crippen LogP contribution < -0.4 is 5.56 Å². The number of aromatic nitrogens is 5. The zero-order chi connectivity index (χ0) is 21.3. The molecule has 0 aliphatic carbocycles. The number of aliphatic hydroxyl groups is 1. The molecular formula is C20H20ClN5O3S. The summed E-state index contributed by atoms with van der Waals surface area (Å²) in [5.41, 5.74) is 1.81. The molecule has 1 aromatic carbocycles. The molecule has 0 saturated carbocycles. The number of hydrogen-bond acceptors (Lipinski definition) is 7. The average molecular weight is 446 g/mol. The van der Waals surface area contributed by atoms with E-state index in [1.807, 2.05) is 32.0 Å². The predicted molar refractivity (Wildman–Crippen MR) is 116 cm³/mol. The van der Waals surface area contributed by atoms with E-state index in [0.29, 0.717) is 45.2 Å². The number of hydrogen-bond donors (Lipinski definition) is 1. The topological polar surface area (TPSA) is 99.0 Å². The average Bonchev–Trinajstić information content (AvgIpc) is 3.31. The third-order valence-corrected chi connectivity index (χ3v) is 6.00. The zero-order valence-electron chi connectivity index (χ0n) is 16.5. The van der Waals surface area contributed by atoms with Crippen molar-refractivity contribution in [1.82, 2.24) is 24.3 Å². The number of aliphatic hydroxyl groups excluding tert-OH is 1. The lowest BCUT2D eigenvalue weighted by Crippen LogP contribution is -2.22. The minimum Gasteiger partial charge on any atom is -0.441 e. The molecule has 3 heterocycles. The zero-order valence-corrected chi connectivity index (χ0v) is 18.1. The first-order chi connectivity index (χ1) is 14.5. The van der Waals surface area contributed by atoms with Gasteiger partial charge in [-0.15, -0.1) is 0 Å². The third-order valence-electron chi connectivity index (χ3n) is 4.68. The van der Waals surface area contributed by atoms with E-state index >= 15 is 0 Å². The van der Waals surface area contributed by atoms with E-state index in [9.17, 15) is 9.90 Å². The number of aryl methyl sites for hydroxylation is 1. The highest BCUT2D eigenvalue weighted by Crippen LogP contribution is 2.30. The molecule has 30 heavy (non-hydrogen) atoms. The van der Waals surface area contributed by atoms with Crippen molar-refractivity contribution in [2.24, 2.45) is 0 Å². The number of thioether (sulfide) groups is 1. The first kappa shape index (κ1) is 20.6. The monoisotopic (exact) mass is 445 g/mol. The smallest absolute Gasteiger partial charge is 0.265 e. The molecule has 4 aromatic rings. The van der Waals surface area contributed by atoms with Gasteiger partial charge in [-0.1, -0.05) is 35.5 Å². The summed E-state index contributed by atoms with van der Waals surface area (Å²) in [7, 11) is 0. The number of halogens is 1. The van der Waals surface area contributed by atoms with E-state index in [1.54, 1.807) is 10.6 Å². The lowest BCUT2D eigenvalue weighted by atomic mass is 10.2. The highest BCUT2D eigenvalue weighted by atomic mass is 35.5. The number of nitrogens with zero attached hydrogens (tertiary/aromatic N) is 5. The Morgan fingerprint density at radius 2 is 2.07 bits per heavy atom. The van der Waals surface area contributed by atoms with Crippen LogP contribution in [0.3, 0.4) is 0 Å². The SMILES string of the molecule is CCn1c(SCc2nc(-c3ccccc3Cl)oc2C)nc2c(cnn2CCO)c1=O. The molecule has 8 nitrogen and oxygen atoms in total. The largest absolute Gasteiger partial charge is 0.441 e. The minimum atomic E-state index is -0.150. The Morgan fingerprint density at radius 1 is 1.27 bits per heavy atom. The summed E-state index contributed by atoms with van der Waals surface area (Å²) in [5, 5.41) is 15.0. The Hall–Kier alpha value is -2.62. The molecule has 3 aromatic heterocycles. The van der Waals surface area contributed by atoms with Crippen LogP contribution in [0, 0.1) is 6.92 Å². The van der Waals surface area contributed by atoms with Gasteiger partial charge in [-0.2, -0.15) is 5.10 Å². The molecule has 4 rings (SSSR count). The van der Waals surface area contributed by atoms with Crippen LogP contribution in [0.25, 0.3) is 22.5 Å². The molecule has 10 heteroatoms. The second-order valence-electron chi connectivity index (χ2n) is 6.56. The molecule has 1 N–H and O–H groups in total. The third kappa shape index (κ3) is 3.76. The maximum absolute atomic E-state index is 12.8. The Labute approximate surface area is 181 Å². The summed E-state index contributed by atoms with van der Waals surface area (Å²) < 4.78 is 8.97. The maximum Gasteiger partial charge on any atom is 0.265 e. The summed E-state index contributed by atoms with van der Waals surface area (Å²) in [6.07, 6.45) is 1.50. The van der Waals surface area contributed by atoms with E-state index < -0.39 is 0 Å². The van der Waals surface area contributed by atoms with E-state index in [0.717, 1.165) is 11.3 Å². The van der Waals surface area contributed by atoms with Gasteiger partial charge in [0.25, 0.3) is 5.56 Å². The van der Waals surface area contributed by atoms with E-state index in [2.05, 4.69) is 15.1 Å². The van der Waals surface area contributed by atoms with Crippen LogP contribution in [0.2, 0.25) is 5.02 Å². The predicted octanol–water partition coefficient (Wildman–Crippen LogP) is 3.51. The summed E-state index contributed by atoms with van der Waals surface area (Å²) in [4.78, 5) is 22.1. The molecule has 0 amide bonds. The molecule has 0 spiro atoms. The summed E-state index contributed by atoms with van der Waals surface area (Å²) >= 11 is 7.66. The van der Waals surface area contributed by atoms with Gasteiger partial charge in [-0.05, 0) is 26.0 Å². The van der Waals surface area contributed by atoms with Gasteiger partial charge in [0.1, 0.15) is 11.1 Å². The van der Waals surface area contributed by atoms with Gasteiger partial charge in [0.15, 0.2) is 10.8 Å². The van der Waals surface area contributed by atoms with Crippen molar-refractivity contribution in [3.05, 3.63) is 57.3 Å². The van der Waals surface area contributed by atoms with Crippen molar-refractivity contribution < 1.29 is 9.52 Å². The first-order valence-electron chi connectivity index (χ1n) is 9.44.